The lowest BCUT2D eigenvalue weighted by atomic mass is 10.3. The van der Waals surface area contributed by atoms with Gasteiger partial charge in [-0.25, -0.2) is 14.1 Å². The summed E-state index contributed by atoms with van der Waals surface area (Å²) in [6.45, 7) is 2.58. The van der Waals surface area contributed by atoms with Gasteiger partial charge in [-0.05, 0) is 27.2 Å². The third-order valence-corrected chi connectivity index (χ3v) is 2.21. The Kier molecular flexibility index (Phi) is 4.37. The van der Waals surface area contributed by atoms with Gasteiger partial charge in [0.05, 0.1) is 6.61 Å². The van der Waals surface area contributed by atoms with Crippen molar-refractivity contribution in [2.75, 3.05) is 11.9 Å². The molecule has 1 N–H and O–H groups in total. The maximum Gasteiger partial charge on any atom is 0.364 e. The average molecular weight is 267 g/mol. The number of aromatic nitrogens is 6. The van der Waals surface area contributed by atoms with Crippen LogP contribution in [-0.4, -0.2) is 43.1 Å². The van der Waals surface area contributed by atoms with E-state index in [2.05, 4.69) is 35.8 Å². The van der Waals surface area contributed by atoms with E-state index in [-0.39, 0.29) is 18.2 Å². The summed E-state index contributed by atoms with van der Waals surface area (Å²) in [5.74, 6) is -0.383. The lowest BCUT2D eigenvalue weighted by Gasteiger charge is -2.03. The van der Waals surface area contributed by atoms with Crippen LogP contribution in [0.1, 0.15) is 30.3 Å². The Morgan fingerprint density at radius 1 is 1.53 bits per heavy atom. The molecule has 2 aromatic heterocycles. The van der Waals surface area contributed by atoms with Crippen molar-refractivity contribution in [1.82, 2.24) is 30.5 Å². The second-order valence-corrected chi connectivity index (χ2v) is 3.64. The van der Waals surface area contributed by atoms with Gasteiger partial charge in [0, 0.05) is 0 Å². The number of esters is 1. The number of unbranched alkanes of at least 4 members (excludes halogenated alkanes) is 1. The number of tetrazole rings is 1. The highest BCUT2D eigenvalue weighted by molar-refractivity contribution is 5.92. The lowest BCUT2D eigenvalue weighted by Crippen LogP contribution is -2.13. The van der Waals surface area contributed by atoms with E-state index in [1.54, 1.807) is 0 Å². The molecular formula is C9H13N7O3. The molecule has 0 aromatic carbocycles. The fourth-order valence-corrected chi connectivity index (χ4v) is 1.22. The van der Waals surface area contributed by atoms with Crippen LogP contribution in [0.4, 0.5) is 5.82 Å². The van der Waals surface area contributed by atoms with E-state index in [1.165, 1.54) is 11.0 Å². The lowest BCUT2D eigenvalue weighted by molar-refractivity contribution is 0.0488. The largest absolute Gasteiger partial charge is 0.461 e. The third kappa shape index (κ3) is 3.47. The minimum absolute atomic E-state index is 0.00387. The van der Waals surface area contributed by atoms with E-state index < -0.39 is 5.97 Å². The highest BCUT2D eigenvalue weighted by atomic mass is 16.6. The van der Waals surface area contributed by atoms with Crippen molar-refractivity contribution in [3.05, 3.63) is 12.0 Å². The summed E-state index contributed by atoms with van der Waals surface area (Å²) >= 11 is 0. The van der Waals surface area contributed by atoms with E-state index in [9.17, 15) is 4.79 Å². The van der Waals surface area contributed by atoms with Gasteiger partial charge < -0.3 is 10.1 Å². The van der Waals surface area contributed by atoms with Crippen molar-refractivity contribution < 1.29 is 14.2 Å². The van der Waals surface area contributed by atoms with Crippen LogP contribution >= 0.6 is 0 Å². The summed E-state index contributed by atoms with van der Waals surface area (Å²) in [6, 6.07) is 0. The molecule has 0 aliphatic carbocycles. The molecule has 0 amide bonds. The van der Waals surface area contributed by atoms with Gasteiger partial charge in [-0.1, -0.05) is 13.3 Å². The maximum atomic E-state index is 11.7. The molecule has 0 atom stereocenters. The zero-order valence-electron chi connectivity index (χ0n) is 10.3. The Morgan fingerprint density at radius 2 is 2.42 bits per heavy atom. The van der Waals surface area contributed by atoms with E-state index in [1.807, 2.05) is 6.92 Å². The van der Waals surface area contributed by atoms with Crippen molar-refractivity contribution in [3.63, 3.8) is 0 Å². The van der Waals surface area contributed by atoms with Crippen LogP contribution in [0.15, 0.2) is 11.0 Å². The van der Waals surface area contributed by atoms with Gasteiger partial charge >= 0.3 is 5.97 Å². The van der Waals surface area contributed by atoms with Gasteiger partial charge in [0.2, 0.25) is 11.5 Å². The minimum Gasteiger partial charge on any atom is -0.461 e. The third-order valence-electron chi connectivity index (χ3n) is 2.21. The smallest absolute Gasteiger partial charge is 0.364 e. The summed E-state index contributed by atoms with van der Waals surface area (Å²) in [5, 5.41) is 20.5. The SMILES string of the molecule is CCCCOC(=O)c1nonc1NCn1cnnn1. The number of rotatable bonds is 7. The maximum absolute atomic E-state index is 11.7. The molecule has 2 aromatic rings. The Bertz CT molecular complexity index is 510. The molecule has 0 unspecified atom stereocenters. The Labute approximate surface area is 108 Å². The fourth-order valence-electron chi connectivity index (χ4n) is 1.22. The average Bonchev–Trinajstić information content (AvgIpc) is 3.07. The molecule has 0 aliphatic heterocycles. The number of hydrogen-bond acceptors (Lipinski definition) is 9. The Hall–Kier alpha value is -2.52. The van der Waals surface area contributed by atoms with Crippen LogP contribution in [-0.2, 0) is 11.4 Å². The molecule has 0 aliphatic rings. The second kappa shape index (κ2) is 6.42. The molecule has 0 spiro atoms. The standard InChI is InChI=1S/C9H13N7O3/c1-2-3-4-18-9(17)7-8(13-19-12-7)10-5-16-6-11-14-15-16/h6H,2-5H2,1H3,(H,10,13). The molecule has 19 heavy (non-hydrogen) atoms. The van der Waals surface area contributed by atoms with Crippen LogP contribution in [0, 0.1) is 0 Å². The molecule has 102 valence electrons. The van der Waals surface area contributed by atoms with Gasteiger partial charge in [0.25, 0.3) is 0 Å². The second-order valence-electron chi connectivity index (χ2n) is 3.64. The van der Waals surface area contributed by atoms with Gasteiger partial charge in [0.15, 0.2) is 0 Å². The van der Waals surface area contributed by atoms with Crippen LogP contribution in [0.5, 0.6) is 0 Å². The van der Waals surface area contributed by atoms with Crippen molar-refractivity contribution in [2.45, 2.75) is 26.4 Å². The molecule has 0 fully saturated rings. The molecule has 2 heterocycles. The summed E-state index contributed by atoms with van der Waals surface area (Å²) in [6.07, 6.45) is 3.15. The van der Waals surface area contributed by atoms with E-state index in [0.717, 1.165) is 12.8 Å². The van der Waals surface area contributed by atoms with Crippen molar-refractivity contribution in [1.29, 1.82) is 0 Å². The first-order valence-electron chi connectivity index (χ1n) is 5.75. The summed E-state index contributed by atoms with van der Waals surface area (Å²) in [5.41, 5.74) is 0.00387. The molecular weight excluding hydrogens is 254 g/mol. The topological polar surface area (TPSA) is 121 Å². The normalized spacial score (nSPS) is 10.4. The molecule has 2 rings (SSSR count). The number of nitrogens with one attached hydrogen (secondary N) is 1. The van der Waals surface area contributed by atoms with Crippen molar-refractivity contribution >= 4 is 11.8 Å². The van der Waals surface area contributed by atoms with Crippen LogP contribution < -0.4 is 5.32 Å². The first-order valence-corrected chi connectivity index (χ1v) is 5.75. The fraction of sp³-hybridized carbons (Fsp3) is 0.556. The Balaban J connectivity index is 1.91. The number of anilines is 1. The quantitative estimate of drug-likeness (QED) is 0.549. The molecule has 10 nitrogen and oxygen atoms in total. The summed E-state index contributed by atoms with van der Waals surface area (Å²) in [7, 11) is 0. The van der Waals surface area contributed by atoms with Gasteiger partial charge in [-0.15, -0.1) is 5.10 Å². The molecule has 0 saturated carbocycles. The molecule has 0 bridgehead atoms. The van der Waals surface area contributed by atoms with Crippen molar-refractivity contribution in [2.24, 2.45) is 0 Å². The number of hydrogen-bond donors (Lipinski definition) is 1. The van der Waals surface area contributed by atoms with Gasteiger partial charge in [-0.2, -0.15) is 0 Å². The predicted molar refractivity (Wildman–Crippen MR) is 60.9 cm³/mol. The first-order chi connectivity index (χ1) is 9.31. The van der Waals surface area contributed by atoms with E-state index >= 15 is 0 Å². The van der Waals surface area contributed by atoms with Crippen molar-refractivity contribution in [3.8, 4) is 0 Å². The molecule has 0 radical (unpaired) electrons. The summed E-state index contributed by atoms with van der Waals surface area (Å²) in [4.78, 5) is 11.7. The predicted octanol–water partition coefficient (Wildman–Crippen LogP) is 0.0826. The summed E-state index contributed by atoms with van der Waals surface area (Å²) < 4.78 is 11.0. The highest BCUT2D eigenvalue weighted by Gasteiger charge is 2.19. The number of nitrogens with zero attached hydrogens (tertiary/aromatic N) is 6. The molecule has 10 heteroatoms. The van der Waals surface area contributed by atoms with Gasteiger partial charge in [-0.3, -0.25) is 0 Å². The minimum atomic E-state index is -0.575. The van der Waals surface area contributed by atoms with E-state index in [0.29, 0.717) is 6.61 Å². The van der Waals surface area contributed by atoms with Gasteiger partial charge in [0.1, 0.15) is 13.0 Å². The number of carbonyl (C=O) groups excluding carboxylic acids is 1. The zero-order valence-corrected chi connectivity index (χ0v) is 10.3. The first kappa shape index (κ1) is 12.9. The zero-order chi connectivity index (χ0) is 13.5. The monoisotopic (exact) mass is 267 g/mol. The highest BCUT2D eigenvalue weighted by Crippen LogP contribution is 2.11. The van der Waals surface area contributed by atoms with E-state index in [4.69, 9.17) is 4.74 Å². The molecule has 0 saturated heterocycles. The number of carbonyl (C=O) groups is 1. The van der Waals surface area contributed by atoms with Crippen LogP contribution in [0.2, 0.25) is 0 Å². The van der Waals surface area contributed by atoms with Crippen LogP contribution in [0.25, 0.3) is 0 Å². The Morgan fingerprint density at radius 3 is 3.16 bits per heavy atom. The number of ether oxygens (including phenoxy) is 1. The van der Waals surface area contributed by atoms with Crippen LogP contribution in [0.3, 0.4) is 0 Å².